The number of rotatable bonds is 0. The Hall–Kier alpha value is -3.46. The van der Waals surface area contributed by atoms with Crippen LogP contribution in [0.15, 0.2) is 60.7 Å². The van der Waals surface area contributed by atoms with E-state index in [0.717, 1.165) is 0 Å². The van der Waals surface area contributed by atoms with Crippen molar-refractivity contribution in [3.8, 4) is 5.69 Å². The Morgan fingerprint density at radius 1 is 0.763 bits per heavy atom. The molecule has 2 nitrogen and oxygen atoms in total. The van der Waals surface area contributed by atoms with E-state index in [9.17, 15) is 0 Å². The standard InChI is InChI=1S/C35H33BN2/c1-20-17-27-31-28(18-20)38-33-29(34(4)15-8-9-16-35(34,38)5)21(2)19-22(3)30(33)36(31)25-13-10-12-24-23-11-6-7-14-26(23)37(27)32(24)25/h6-7,10-14,17-19H,8-9,15-16H2,1-5H3. The van der Waals surface area contributed by atoms with Crippen molar-refractivity contribution in [2.45, 2.75) is 71.3 Å². The average molecular weight is 492 g/mol. The van der Waals surface area contributed by atoms with E-state index in [0.29, 0.717) is 0 Å². The second kappa shape index (κ2) is 6.57. The van der Waals surface area contributed by atoms with Crippen molar-refractivity contribution < 1.29 is 0 Å². The molecule has 38 heavy (non-hydrogen) atoms. The summed E-state index contributed by atoms with van der Waals surface area (Å²) in [4.78, 5) is 2.86. The number of benzene rings is 4. The van der Waals surface area contributed by atoms with Crippen molar-refractivity contribution in [1.82, 2.24) is 4.57 Å². The minimum Gasteiger partial charge on any atom is -0.335 e. The molecule has 186 valence electrons. The fraction of sp³-hybridized carbons (Fsp3) is 0.314. The van der Waals surface area contributed by atoms with Gasteiger partial charge in [-0.3, -0.25) is 0 Å². The molecule has 0 radical (unpaired) electrons. The molecule has 4 heterocycles. The molecule has 2 atom stereocenters. The van der Waals surface area contributed by atoms with E-state index in [1.165, 1.54) is 86.5 Å². The van der Waals surface area contributed by atoms with E-state index in [4.69, 9.17) is 0 Å². The molecule has 5 aromatic rings. The van der Waals surface area contributed by atoms with Gasteiger partial charge >= 0.3 is 0 Å². The van der Waals surface area contributed by atoms with E-state index >= 15 is 0 Å². The predicted molar refractivity (Wildman–Crippen MR) is 162 cm³/mol. The number of aryl methyl sites for hydroxylation is 3. The zero-order valence-corrected chi connectivity index (χ0v) is 23.1. The maximum absolute atomic E-state index is 2.86. The Labute approximate surface area is 225 Å². The van der Waals surface area contributed by atoms with Crippen molar-refractivity contribution in [2.24, 2.45) is 0 Å². The van der Waals surface area contributed by atoms with Gasteiger partial charge in [-0.05, 0) is 91.8 Å². The molecule has 0 amide bonds. The molecule has 3 aliphatic heterocycles. The van der Waals surface area contributed by atoms with Gasteiger partial charge in [-0.2, -0.15) is 0 Å². The molecular weight excluding hydrogens is 459 g/mol. The molecule has 1 aliphatic carbocycles. The van der Waals surface area contributed by atoms with E-state index in [1.54, 1.807) is 16.7 Å². The Balaban J connectivity index is 1.53. The molecule has 0 N–H and O–H groups in total. The van der Waals surface area contributed by atoms with Gasteiger partial charge in [0.1, 0.15) is 0 Å². The Kier molecular flexibility index (Phi) is 3.71. The second-order valence-corrected chi connectivity index (χ2v) is 13.0. The van der Waals surface area contributed by atoms with E-state index < -0.39 is 0 Å². The second-order valence-electron chi connectivity index (χ2n) is 13.0. The first kappa shape index (κ1) is 21.5. The van der Waals surface area contributed by atoms with Crippen LogP contribution in [-0.4, -0.2) is 16.8 Å². The van der Waals surface area contributed by atoms with Crippen LogP contribution in [0.1, 0.15) is 61.8 Å². The molecule has 1 fully saturated rings. The molecule has 4 aromatic carbocycles. The molecular formula is C35H33BN2. The fourth-order valence-corrected chi connectivity index (χ4v) is 9.56. The van der Waals surface area contributed by atoms with Crippen molar-refractivity contribution >= 4 is 56.3 Å². The molecule has 0 bridgehead atoms. The third-order valence-corrected chi connectivity index (χ3v) is 11.2. The van der Waals surface area contributed by atoms with Gasteiger partial charge in [0, 0.05) is 38.8 Å². The lowest BCUT2D eigenvalue weighted by molar-refractivity contribution is 0.194. The number of nitrogens with zero attached hydrogens (tertiary/aromatic N) is 2. The largest absolute Gasteiger partial charge is 0.335 e. The molecule has 0 spiro atoms. The van der Waals surface area contributed by atoms with Gasteiger partial charge in [0.2, 0.25) is 0 Å². The van der Waals surface area contributed by atoms with E-state index in [2.05, 4.69) is 105 Å². The lowest BCUT2D eigenvalue weighted by Gasteiger charge is -2.52. The molecule has 2 unspecified atom stereocenters. The Bertz CT molecular complexity index is 1910. The van der Waals surface area contributed by atoms with Gasteiger partial charge in [-0.25, -0.2) is 0 Å². The molecule has 1 aromatic heterocycles. The zero-order chi connectivity index (χ0) is 25.7. The van der Waals surface area contributed by atoms with Crippen LogP contribution in [0.25, 0.3) is 27.5 Å². The predicted octanol–water partition coefficient (Wildman–Crippen LogP) is 6.59. The van der Waals surface area contributed by atoms with E-state index in [1.807, 2.05) is 0 Å². The van der Waals surface area contributed by atoms with Gasteiger partial charge in [0.05, 0.1) is 11.1 Å². The normalized spacial score (nSPS) is 24.1. The van der Waals surface area contributed by atoms with Crippen molar-refractivity contribution in [2.75, 3.05) is 4.90 Å². The summed E-state index contributed by atoms with van der Waals surface area (Å²) in [5.41, 5.74) is 17.8. The number of aromatic nitrogens is 1. The zero-order valence-electron chi connectivity index (χ0n) is 23.1. The number of fused-ring (bicyclic) bond motifs is 10. The molecule has 1 saturated carbocycles. The summed E-state index contributed by atoms with van der Waals surface area (Å²) in [6, 6.07) is 23.5. The minimum atomic E-state index is 0.0818. The summed E-state index contributed by atoms with van der Waals surface area (Å²) >= 11 is 0. The first-order valence-electron chi connectivity index (χ1n) is 14.5. The highest BCUT2D eigenvalue weighted by Crippen LogP contribution is 2.62. The van der Waals surface area contributed by atoms with Crippen molar-refractivity contribution in [3.05, 3.63) is 82.9 Å². The fourth-order valence-electron chi connectivity index (χ4n) is 9.56. The average Bonchev–Trinajstić information content (AvgIpc) is 3.34. The summed E-state index contributed by atoms with van der Waals surface area (Å²) in [7, 11) is 0. The quantitative estimate of drug-likeness (QED) is 0.217. The van der Waals surface area contributed by atoms with Gasteiger partial charge in [0.25, 0.3) is 6.71 Å². The molecule has 4 aliphatic rings. The first-order valence-corrected chi connectivity index (χ1v) is 14.5. The number of hydrogen-bond acceptors (Lipinski definition) is 1. The lowest BCUT2D eigenvalue weighted by Crippen LogP contribution is -2.64. The maximum atomic E-state index is 2.86. The number of para-hydroxylation sites is 2. The van der Waals surface area contributed by atoms with Crippen LogP contribution < -0.4 is 21.3 Å². The Morgan fingerprint density at radius 2 is 1.53 bits per heavy atom. The third kappa shape index (κ3) is 2.12. The van der Waals surface area contributed by atoms with Crippen molar-refractivity contribution in [3.63, 3.8) is 0 Å². The van der Waals surface area contributed by atoms with Crippen LogP contribution in [0.3, 0.4) is 0 Å². The van der Waals surface area contributed by atoms with Gasteiger partial charge in [-0.1, -0.05) is 67.8 Å². The van der Waals surface area contributed by atoms with Crippen LogP contribution in [-0.2, 0) is 5.41 Å². The lowest BCUT2D eigenvalue weighted by atomic mass is 9.33. The summed E-state index contributed by atoms with van der Waals surface area (Å²) in [5, 5.41) is 2.74. The highest BCUT2D eigenvalue weighted by Gasteiger charge is 2.61. The molecule has 9 rings (SSSR count). The number of anilines is 2. The molecule has 0 saturated heterocycles. The van der Waals surface area contributed by atoms with Gasteiger partial charge in [0.15, 0.2) is 0 Å². The maximum Gasteiger partial charge on any atom is 0.252 e. The smallest absolute Gasteiger partial charge is 0.252 e. The summed E-state index contributed by atoms with van der Waals surface area (Å²) in [6.07, 6.45) is 5.16. The SMILES string of the molecule is Cc1cc2c3c(c1)-n1c4ccccc4c4cccc(c41)B3c1c(C)cc(C)c3c1N2C1(C)CCCCC31C. The summed E-state index contributed by atoms with van der Waals surface area (Å²) in [5.74, 6) is 0. The van der Waals surface area contributed by atoms with Crippen LogP contribution in [0.2, 0.25) is 0 Å². The number of hydrogen-bond donors (Lipinski definition) is 0. The third-order valence-electron chi connectivity index (χ3n) is 11.2. The topological polar surface area (TPSA) is 8.17 Å². The Morgan fingerprint density at radius 3 is 2.39 bits per heavy atom. The summed E-state index contributed by atoms with van der Waals surface area (Å²) < 4.78 is 2.59. The minimum absolute atomic E-state index is 0.0818. The van der Waals surface area contributed by atoms with E-state index in [-0.39, 0.29) is 17.7 Å². The van der Waals surface area contributed by atoms with Gasteiger partial charge in [-0.15, -0.1) is 0 Å². The van der Waals surface area contributed by atoms with Crippen LogP contribution in [0.5, 0.6) is 0 Å². The van der Waals surface area contributed by atoms with Crippen LogP contribution >= 0.6 is 0 Å². The highest BCUT2D eigenvalue weighted by molar-refractivity contribution is 7.00. The van der Waals surface area contributed by atoms with Gasteiger partial charge < -0.3 is 9.47 Å². The van der Waals surface area contributed by atoms with Crippen molar-refractivity contribution in [1.29, 1.82) is 0 Å². The van der Waals surface area contributed by atoms with Crippen LogP contribution in [0.4, 0.5) is 11.4 Å². The highest BCUT2D eigenvalue weighted by atomic mass is 15.3. The monoisotopic (exact) mass is 492 g/mol. The van der Waals surface area contributed by atoms with Crippen LogP contribution in [0, 0.1) is 20.8 Å². The molecule has 3 heteroatoms. The summed E-state index contributed by atoms with van der Waals surface area (Å²) in [6.45, 7) is 12.5. The first-order chi connectivity index (χ1) is 18.3.